The van der Waals surface area contributed by atoms with Crippen LogP contribution in [0.5, 0.6) is 0 Å². The highest BCUT2D eigenvalue weighted by Gasteiger charge is 2.14. The van der Waals surface area contributed by atoms with Gasteiger partial charge in [-0.15, -0.1) is 0 Å². The van der Waals surface area contributed by atoms with Crippen LogP contribution in [0, 0.1) is 11.8 Å². The largest absolute Gasteiger partial charge is 0.481 e. The smallest absolute Gasteiger partial charge is 0.303 e. The topological polar surface area (TPSA) is 66.0 Å². The Kier molecular flexibility index (Phi) is 26.2. The molecule has 4 heteroatoms. The number of hydrogen-bond acceptors (Lipinski definition) is 2. The molecule has 2 N–H and O–H groups in total. The van der Waals surface area contributed by atoms with E-state index in [4.69, 9.17) is 0 Å². The number of hydrogen-bond donors (Lipinski definition) is 2. The summed E-state index contributed by atoms with van der Waals surface area (Å²) in [6.07, 6.45) is 33.4. The molecule has 0 aromatic carbocycles. The lowest BCUT2D eigenvalue weighted by atomic mass is 9.88. The van der Waals surface area contributed by atoms with Gasteiger partial charge in [0.15, 0.2) is 0 Å². The van der Waals surface area contributed by atoms with E-state index in [1.54, 1.807) is 18.7 Å². The number of nitrogens with zero attached hydrogens (tertiary/aromatic N) is 1. The number of carboxylic acids is 1. The van der Waals surface area contributed by atoms with Crippen LogP contribution in [0.3, 0.4) is 0 Å². The fourth-order valence-corrected chi connectivity index (χ4v) is 5.00. The Hall–Kier alpha value is -1.32. The first-order chi connectivity index (χ1) is 17.1. The molecule has 206 valence electrons. The molecule has 0 saturated carbocycles. The molecule has 0 aliphatic carbocycles. The third-order valence-electron chi connectivity index (χ3n) is 7.35. The maximum atomic E-state index is 11.2. The number of nitrogens with one attached hydrogen (secondary N) is 1. The monoisotopic (exact) mass is 492 g/mol. The fourth-order valence-electron chi connectivity index (χ4n) is 5.00. The van der Waals surface area contributed by atoms with Crippen LogP contribution < -0.4 is 0 Å². The summed E-state index contributed by atoms with van der Waals surface area (Å²) in [7, 11) is 0. The third-order valence-corrected chi connectivity index (χ3v) is 7.35. The van der Waals surface area contributed by atoms with Crippen LogP contribution in [0.25, 0.3) is 0 Å². The summed E-state index contributed by atoms with van der Waals surface area (Å²) in [5.74, 6) is 0.651. The Morgan fingerprint density at radius 3 is 1.60 bits per heavy atom. The van der Waals surface area contributed by atoms with E-state index in [0.29, 0.717) is 12.3 Å². The zero-order chi connectivity index (χ0) is 25.8. The summed E-state index contributed by atoms with van der Waals surface area (Å²) < 4.78 is 0. The molecule has 1 rings (SSSR count). The highest BCUT2D eigenvalue weighted by molar-refractivity contribution is 5.66. The maximum absolute atomic E-state index is 11.2. The average Bonchev–Trinajstić information content (AvgIpc) is 3.44. The number of aromatic amines is 1. The molecule has 1 heterocycles. The molecule has 0 aliphatic rings. The van der Waals surface area contributed by atoms with Crippen molar-refractivity contribution >= 4 is 5.97 Å². The molecule has 0 spiro atoms. The van der Waals surface area contributed by atoms with Crippen LogP contribution in [0.15, 0.2) is 18.7 Å². The molecule has 0 amide bonds. The van der Waals surface area contributed by atoms with E-state index in [0.717, 1.165) is 18.8 Å². The molecule has 35 heavy (non-hydrogen) atoms. The standard InChI is InChI=1S/C28H56O2.C3H4N2/c1-4-7-9-10-11-12-13-14-15-16-17-18-19-22-27(25-28(29)30)24-20-23-26(6-3)21-8-5-2;1-2-5-3-4-1/h26-27H,4-25H2,1-3H3,(H,29,30);1-3H,(H,4,5). The molecule has 1 aromatic rings. The van der Waals surface area contributed by atoms with Gasteiger partial charge in [-0.2, -0.15) is 0 Å². The predicted molar refractivity (Wildman–Crippen MR) is 152 cm³/mol. The first-order valence-electron chi connectivity index (χ1n) is 15.3. The summed E-state index contributed by atoms with van der Waals surface area (Å²) in [5.41, 5.74) is 0. The van der Waals surface area contributed by atoms with Gasteiger partial charge in [-0.05, 0) is 24.7 Å². The normalized spacial score (nSPS) is 12.7. The molecule has 0 radical (unpaired) electrons. The second-order valence-corrected chi connectivity index (χ2v) is 10.6. The van der Waals surface area contributed by atoms with Crippen molar-refractivity contribution in [2.24, 2.45) is 11.8 Å². The van der Waals surface area contributed by atoms with Crippen molar-refractivity contribution in [3.8, 4) is 0 Å². The second kappa shape index (κ2) is 27.3. The van der Waals surface area contributed by atoms with Gasteiger partial charge >= 0.3 is 5.97 Å². The van der Waals surface area contributed by atoms with Crippen LogP contribution in [-0.4, -0.2) is 21.0 Å². The molecule has 4 nitrogen and oxygen atoms in total. The Morgan fingerprint density at radius 1 is 0.686 bits per heavy atom. The summed E-state index contributed by atoms with van der Waals surface area (Å²) in [6.45, 7) is 6.86. The number of imidazole rings is 1. The lowest BCUT2D eigenvalue weighted by molar-refractivity contribution is -0.138. The van der Waals surface area contributed by atoms with Crippen molar-refractivity contribution in [1.82, 2.24) is 9.97 Å². The highest BCUT2D eigenvalue weighted by Crippen LogP contribution is 2.25. The van der Waals surface area contributed by atoms with Gasteiger partial charge in [-0.1, -0.05) is 143 Å². The second-order valence-electron chi connectivity index (χ2n) is 10.6. The van der Waals surface area contributed by atoms with Gasteiger partial charge in [0, 0.05) is 18.8 Å². The van der Waals surface area contributed by atoms with Crippen LogP contribution in [-0.2, 0) is 4.79 Å². The lowest BCUT2D eigenvalue weighted by Crippen LogP contribution is -2.09. The van der Waals surface area contributed by atoms with Gasteiger partial charge in [-0.3, -0.25) is 4.79 Å². The highest BCUT2D eigenvalue weighted by atomic mass is 16.4. The molecular formula is C31H60N2O2. The molecule has 0 aliphatic heterocycles. The summed E-state index contributed by atoms with van der Waals surface area (Å²) in [5, 5.41) is 9.26. The van der Waals surface area contributed by atoms with Crippen LogP contribution in [0.4, 0.5) is 0 Å². The molecule has 2 atom stereocenters. The fraction of sp³-hybridized carbons (Fsp3) is 0.871. The van der Waals surface area contributed by atoms with E-state index >= 15 is 0 Å². The van der Waals surface area contributed by atoms with Gasteiger partial charge in [0.2, 0.25) is 0 Å². The number of aromatic nitrogens is 2. The van der Waals surface area contributed by atoms with Crippen molar-refractivity contribution in [3.05, 3.63) is 18.7 Å². The molecule has 0 saturated heterocycles. The summed E-state index contributed by atoms with van der Waals surface area (Å²) in [4.78, 5) is 17.7. The number of carboxylic acid groups (broad SMARTS) is 1. The number of H-pyrrole nitrogens is 1. The van der Waals surface area contributed by atoms with Gasteiger partial charge in [0.1, 0.15) is 0 Å². The Morgan fingerprint density at radius 2 is 1.17 bits per heavy atom. The van der Waals surface area contributed by atoms with Gasteiger partial charge in [-0.25, -0.2) is 4.98 Å². The molecule has 1 aromatic heterocycles. The minimum absolute atomic E-state index is 0.379. The Labute approximate surface area is 218 Å². The molecule has 0 fully saturated rings. The number of rotatable bonds is 24. The summed E-state index contributed by atoms with van der Waals surface area (Å²) in [6, 6.07) is 0. The predicted octanol–water partition coefficient (Wildman–Crippen LogP) is 10.4. The first kappa shape index (κ1) is 33.7. The van der Waals surface area contributed by atoms with Gasteiger partial charge in [0.05, 0.1) is 6.33 Å². The minimum atomic E-state index is -0.604. The number of aliphatic carboxylic acids is 1. The average molecular weight is 493 g/mol. The van der Waals surface area contributed by atoms with Crippen molar-refractivity contribution in [2.45, 2.75) is 162 Å². The van der Waals surface area contributed by atoms with Crippen LogP contribution in [0.2, 0.25) is 0 Å². The first-order valence-corrected chi connectivity index (χ1v) is 15.3. The SMILES string of the molecule is CCCCCCCCCCCCCCCC(CCCC(CC)CCCC)CC(=O)O.c1c[nH]cn1. The lowest BCUT2D eigenvalue weighted by Gasteiger charge is -2.18. The van der Waals surface area contributed by atoms with E-state index in [1.807, 2.05) is 0 Å². The molecular weight excluding hydrogens is 432 g/mol. The minimum Gasteiger partial charge on any atom is -0.481 e. The number of unbranched alkanes of at least 4 members (excludes halogenated alkanes) is 13. The van der Waals surface area contributed by atoms with E-state index in [9.17, 15) is 9.90 Å². The van der Waals surface area contributed by atoms with Gasteiger partial charge in [0.25, 0.3) is 0 Å². The van der Waals surface area contributed by atoms with Crippen LogP contribution in [0.1, 0.15) is 162 Å². The quantitative estimate of drug-likeness (QED) is 0.141. The van der Waals surface area contributed by atoms with E-state index in [1.165, 1.54) is 122 Å². The Bertz CT molecular complexity index is 501. The number of carbonyl (C=O) groups is 1. The summed E-state index contributed by atoms with van der Waals surface area (Å²) >= 11 is 0. The Balaban J connectivity index is 0.00000203. The van der Waals surface area contributed by atoms with E-state index in [2.05, 4.69) is 30.7 Å². The van der Waals surface area contributed by atoms with Crippen molar-refractivity contribution in [2.75, 3.05) is 0 Å². The van der Waals surface area contributed by atoms with Gasteiger partial charge < -0.3 is 10.1 Å². The third kappa shape index (κ3) is 25.6. The van der Waals surface area contributed by atoms with Crippen LogP contribution >= 0.6 is 0 Å². The van der Waals surface area contributed by atoms with E-state index in [-0.39, 0.29) is 0 Å². The van der Waals surface area contributed by atoms with Crippen molar-refractivity contribution in [1.29, 1.82) is 0 Å². The van der Waals surface area contributed by atoms with E-state index < -0.39 is 5.97 Å². The van der Waals surface area contributed by atoms with Crippen molar-refractivity contribution in [3.63, 3.8) is 0 Å². The molecule has 2 unspecified atom stereocenters. The zero-order valence-corrected chi connectivity index (χ0v) is 23.7. The zero-order valence-electron chi connectivity index (χ0n) is 23.7. The van der Waals surface area contributed by atoms with Crippen molar-refractivity contribution < 1.29 is 9.90 Å². The molecule has 0 bridgehead atoms. The maximum Gasteiger partial charge on any atom is 0.303 e.